The van der Waals surface area contributed by atoms with Crippen molar-refractivity contribution in [2.75, 3.05) is 0 Å². The second-order valence-electron chi connectivity index (χ2n) is 7.38. The molecule has 0 radical (unpaired) electrons. The summed E-state index contributed by atoms with van der Waals surface area (Å²) in [5.74, 6) is 3.10. The van der Waals surface area contributed by atoms with Crippen molar-refractivity contribution in [2.45, 2.75) is 57.8 Å². The Bertz CT molecular complexity index is 506. The van der Waals surface area contributed by atoms with E-state index in [0.29, 0.717) is 11.2 Å². The molecule has 1 heteroatoms. The SMILES string of the molecule is C[C@@]12CCC[C@H]1[C@H]1CCc3cc(O)ccc3[C@H]1CC2. The molecule has 0 amide bonds. The number of fused-ring (bicyclic) bond motifs is 5. The van der Waals surface area contributed by atoms with E-state index in [1.807, 2.05) is 12.1 Å². The van der Waals surface area contributed by atoms with E-state index in [0.717, 1.165) is 17.8 Å². The van der Waals surface area contributed by atoms with Crippen LogP contribution in [0.25, 0.3) is 0 Å². The number of hydrogen-bond acceptors (Lipinski definition) is 1. The van der Waals surface area contributed by atoms with Crippen LogP contribution in [0.5, 0.6) is 5.75 Å². The molecule has 2 fully saturated rings. The summed E-state index contributed by atoms with van der Waals surface area (Å²) in [6.07, 6.45) is 9.69. The lowest BCUT2D eigenvalue weighted by molar-refractivity contribution is 0.0598. The van der Waals surface area contributed by atoms with Crippen molar-refractivity contribution in [1.82, 2.24) is 0 Å². The highest BCUT2D eigenvalue weighted by molar-refractivity contribution is 5.40. The average molecular weight is 256 g/mol. The normalized spacial score (nSPS) is 40.4. The van der Waals surface area contributed by atoms with E-state index in [-0.39, 0.29) is 0 Å². The molecule has 1 nitrogen and oxygen atoms in total. The predicted molar refractivity (Wildman–Crippen MR) is 77.3 cm³/mol. The number of aromatic hydroxyl groups is 1. The van der Waals surface area contributed by atoms with Gasteiger partial charge in [0.15, 0.2) is 0 Å². The van der Waals surface area contributed by atoms with Gasteiger partial charge in [0.05, 0.1) is 0 Å². The Balaban J connectivity index is 1.72. The van der Waals surface area contributed by atoms with Crippen molar-refractivity contribution in [1.29, 1.82) is 0 Å². The first-order chi connectivity index (χ1) is 9.17. The van der Waals surface area contributed by atoms with Crippen molar-refractivity contribution in [3.63, 3.8) is 0 Å². The van der Waals surface area contributed by atoms with Crippen LogP contribution in [0, 0.1) is 17.3 Å². The number of phenolic OH excluding ortho intramolecular Hbond substituents is 1. The Labute approximate surface area is 116 Å². The molecule has 0 saturated heterocycles. The molecule has 19 heavy (non-hydrogen) atoms. The summed E-state index contributed by atoms with van der Waals surface area (Å²) in [7, 11) is 0. The number of rotatable bonds is 0. The monoisotopic (exact) mass is 256 g/mol. The average Bonchev–Trinajstić information content (AvgIpc) is 2.79. The molecule has 102 valence electrons. The lowest BCUT2D eigenvalue weighted by Crippen LogP contribution is -2.39. The molecule has 0 bridgehead atoms. The molecule has 2 saturated carbocycles. The lowest BCUT2D eigenvalue weighted by Gasteiger charge is -2.49. The van der Waals surface area contributed by atoms with E-state index < -0.39 is 0 Å². The van der Waals surface area contributed by atoms with Crippen molar-refractivity contribution >= 4 is 0 Å². The van der Waals surface area contributed by atoms with Gasteiger partial charge in [-0.05, 0) is 85.0 Å². The zero-order valence-corrected chi connectivity index (χ0v) is 11.9. The molecule has 0 unspecified atom stereocenters. The van der Waals surface area contributed by atoms with Crippen molar-refractivity contribution in [3.8, 4) is 5.75 Å². The number of phenols is 1. The fourth-order valence-electron chi connectivity index (χ4n) is 5.56. The maximum atomic E-state index is 9.68. The zero-order valence-electron chi connectivity index (χ0n) is 11.9. The summed E-state index contributed by atoms with van der Waals surface area (Å²) < 4.78 is 0. The van der Waals surface area contributed by atoms with E-state index in [1.165, 1.54) is 50.5 Å². The van der Waals surface area contributed by atoms with Gasteiger partial charge in [-0.3, -0.25) is 0 Å². The van der Waals surface area contributed by atoms with Gasteiger partial charge in [-0.25, -0.2) is 0 Å². The van der Waals surface area contributed by atoms with Crippen molar-refractivity contribution in [2.24, 2.45) is 17.3 Å². The first-order valence-corrected chi connectivity index (χ1v) is 7.99. The predicted octanol–water partition coefficient (Wildman–Crippen LogP) is 4.64. The molecule has 0 spiro atoms. The fraction of sp³-hybridized carbons (Fsp3) is 0.667. The van der Waals surface area contributed by atoms with E-state index in [9.17, 15) is 5.11 Å². The van der Waals surface area contributed by atoms with Gasteiger partial charge >= 0.3 is 0 Å². The smallest absolute Gasteiger partial charge is 0.115 e. The lowest BCUT2D eigenvalue weighted by atomic mass is 9.56. The Morgan fingerprint density at radius 2 is 2.05 bits per heavy atom. The third-order valence-corrected chi connectivity index (χ3v) is 6.49. The van der Waals surface area contributed by atoms with Gasteiger partial charge in [-0.15, -0.1) is 0 Å². The van der Waals surface area contributed by atoms with Crippen LogP contribution in [0.3, 0.4) is 0 Å². The summed E-state index contributed by atoms with van der Waals surface area (Å²) in [4.78, 5) is 0. The summed E-state index contributed by atoms with van der Waals surface area (Å²) >= 11 is 0. The van der Waals surface area contributed by atoms with Gasteiger partial charge in [0.1, 0.15) is 5.75 Å². The van der Waals surface area contributed by atoms with Gasteiger partial charge in [0, 0.05) is 0 Å². The third kappa shape index (κ3) is 1.67. The second kappa shape index (κ2) is 4.01. The second-order valence-corrected chi connectivity index (χ2v) is 7.38. The minimum absolute atomic E-state index is 0.443. The van der Waals surface area contributed by atoms with Crippen LogP contribution in [-0.2, 0) is 6.42 Å². The summed E-state index contributed by atoms with van der Waals surface area (Å²) in [5.41, 5.74) is 3.63. The number of hydrogen-bond donors (Lipinski definition) is 1. The highest BCUT2D eigenvalue weighted by atomic mass is 16.3. The number of aryl methyl sites for hydroxylation is 1. The van der Waals surface area contributed by atoms with Crippen LogP contribution in [0.4, 0.5) is 0 Å². The molecule has 1 N–H and O–H groups in total. The van der Waals surface area contributed by atoms with Crippen LogP contribution in [0.2, 0.25) is 0 Å². The van der Waals surface area contributed by atoms with Crippen LogP contribution in [-0.4, -0.2) is 5.11 Å². The largest absolute Gasteiger partial charge is 0.508 e. The summed E-state index contributed by atoms with van der Waals surface area (Å²) in [5, 5.41) is 9.68. The maximum absolute atomic E-state index is 9.68. The van der Waals surface area contributed by atoms with Crippen LogP contribution in [0.1, 0.15) is 62.5 Å². The van der Waals surface area contributed by atoms with Gasteiger partial charge in [0.25, 0.3) is 0 Å². The topological polar surface area (TPSA) is 20.2 Å². The van der Waals surface area contributed by atoms with Gasteiger partial charge < -0.3 is 5.11 Å². The maximum Gasteiger partial charge on any atom is 0.115 e. The van der Waals surface area contributed by atoms with E-state index in [1.54, 1.807) is 5.56 Å². The molecule has 1 aromatic carbocycles. The van der Waals surface area contributed by atoms with Crippen LogP contribution in [0.15, 0.2) is 18.2 Å². The first-order valence-electron chi connectivity index (χ1n) is 7.99. The number of benzene rings is 1. The third-order valence-electron chi connectivity index (χ3n) is 6.49. The van der Waals surface area contributed by atoms with E-state index in [4.69, 9.17) is 0 Å². The van der Waals surface area contributed by atoms with Crippen molar-refractivity contribution < 1.29 is 5.11 Å². The van der Waals surface area contributed by atoms with Crippen molar-refractivity contribution in [3.05, 3.63) is 29.3 Å². The summed E-state index contributed by atoms with van der Waals surface area (Å²) in [6.45, 7) is 2.55. The molecule has 0 aliphatic heterocycles. The standard InChI is InChI=1S/C18H24O/c1-18-9-2-3-17(18)16-6-4-12-11-13(19)5-7-14(12)15(16)8-10-18/h5,7,11,15-17,19H,2-4,6,8-10H2,1H3/t15-,16+,17+,18+/m1/s1. The molecule has 3 aliphatic rings. The molecule has 3 aliphatic carbocycles. The highest BCUT2D eigenvalue weighted by Crippen LogP contribution is 2.60. The quantitative estimate of drug-likeness (QED) is 0.717. The Hall–Kier alpha value is -0.980. The Morgan fingerprint density at radius 1 is 1.16 bits per heavy atom. The zero-order chi connectivity index (χ0) is 13.0. The fourth-order valence-corrected chi connectivity index (χ4v) is 5.56. The Kier molecular flexibility index (Phi) is 2.49. The van der Waals surface area contributed by atoms with E-state index in [2.05, 4.69) is 13.0 Å². The van der Waals surface area contributed by atoms with Gasteiger partial charge in [-0.2, -0.15) is 0 Å². The molecule has 4 rings (SSSR count). The first kappa shape index (κ1) is 11.8. The van der Waals surface area contributed by atoms with E-state index >= 15 is 0 Å². The minimum Gasteiger partial charge on any atom is -0.508 e. The van der Waals surface area contributed by atoms with Crippen LogP contribution < -0.4 is 0 Å². The molecular formula is C18H24O. The Morgan fingerprint density at radius 3 is 2.95 bits per heavy atom. The highest BCUT2D eigenvalue weighted by Gasteiger charge is 2.50. The van der Waals surface area contributed by atoms with Crippen LogP contribution >= 0.6 is 0 Å². The summed E-state index contributed by atoms with van der Waals surface area (Å²) in [6, 6.07) is 6.11. The van der Waals surface area contributed by atoms with Gasteiger partial charge in [-0.1, -0.05) is 19.4 Å². The molecule has 1 aromatic rings. The molecule has 0 heterocycles. The molecule has 4 atom stereocenters. The molecular weight excluding hydrogens is 232 g/mol. The molecule has 0 aromatic heterocycles. The van der Waals surface area contributed by atoms with Gasteiger partial charge in [0.2, 0.25) is 0 Å². The minimum atomic E-state index is 0.443.